The number of nitrogens with zero attached hydrogens (tertiary/aromatic N) is 2. The Bertz CT molecular complexity index is 918. The largest absolute Gasteiger partial charge is 0.508 e. The lowest BCUT2D eigenvalue weighted by atomic mass is 9.90. The molecule has 5 nitrogen and oxygen atoms in total. The minimum atomic E-state index is -0.122. The van der Waals surface area contributed by atoms with Gasteiger partial charge < -0.3 is 10.4 Å². The van der Waals surface area contributed by atoms with E-state index in [-0.39, 0.29) is 17.6 Å². The third-order valence-corrected chi connectivity index (χ3v) is 4.65. The molecule has 0 aliphatic carbocycles. The average Bonchev–Trinajstić information content (AvgIpc) is 2.98. The molecule has 120 valence electrons. The zero-order chi connectivity index (χ0) is 16.7. The summed E-state index contributed by atoms with van der Waals surface area (Å²) < 4.78 is 2.84. The molecule has 6 heteroatoms. The second-order valence-corrected chi connectivity index (χ2v) is 6.64. The number of hydrogen-bond acceptors (Lipinski definition) is 3. The topological polar surface area (TPSA) is 67.1 Å². The lowest BCUT2D eigenvalue weighted by Gasteiger charge is -2.23. The number of carbonyl (C=O) groups is 1. The van der Waals surface area contributed by atoms with Gasteiger partial charge >= 0.3 is 0 Å². The highest BCUT2D eigenvalue weighted by Gasteiger charge is 2.30. The number of benzene rings is 2. The standard InChI is InChI=1S/C18H14BrN3O2/c19-12-2-1-3-13(8-12)22-10-20-17-15(9-16(24)21-18(17)22)11-4-6-14(23)7-5-11/h1-8,10,15,23H,9H2,(H,21,24)/t15-/m1/s1. The van der Waals surface area contributed by atoms with Gasteiger partial charge in [-0.15, -0.1) is 0 Å². The Kier molecular flexibility index (Phi) is 3.61. The van der Waals surface area contributed by atoms with Gasteiger partial charge in [0.15, 0.2) is 0 Å². The second-order valence-electron chi connectivity index (χ2n) is 5.72. The van der Waals surface area contributed by atoms with E-state index >= 15 is 0 Å². The SMILES string of the molecule is O=C1C[C@H](c2ccc(O)cc2)c2ncn(-c3cccc(Br)c3)c2N1. The highest BCUT2D eigenvalue weighted by atomic mass is 79.9. The van der Waals surface area contributed by atoms with Gasteiger partial charge in [0.2, 0.25) is 5.91 Å². The minimum absolute atomic E-state index is 0.0441. The van der Waals surface area contributed by atoms with Crippen molar-refractivity contribution in [2.24, 2.45) is 0 Å². The van der Waals surface area contributed by atoms with Gasteiger partial charge in [-0.3, -0.25) is 9.36 Å². The predicted octanol–water partition coefficient (Wildman–Crippen LogP) is 3.81. The van der Waals surface area contributed by atoms with Gasteiger partial charge in [-0.25, -0.2) is 4.98 Å². The fourth-order valence-corrected chi connectivity index (χ4v) is 3.40. The molecule has 1 aliphatic heterocycles. The molecule has 4 rings (SSSR count). The average molecular weight is 384 g/mol. The smallest absolute Gasteiger partial charge is 0.226 e. The third-order valence-electron chi connectivity index (χ3n) is 4.16. The van der Waals surface area contributed by atoms with Crippen molar-refractivity contribution in [1.82, 2.24) is 9.55 Å². The van der Waals surface area contributed by atoms with Crippen molar-refractivity contribution in [3.63, 3.8) is 0 Å². The van der Waals surface area contributed by atoms with Gasteiger partial charge in [0.05, 0.1) is 5.69 Å². The van der Waals surface area contributed by atoms with Crippen LogP contribution in [0.5, 0.6) is 5.75 Å². The highest BCUT2D eigenvalue weighted by molar-refractivity contribution is 9.10. The summed E-state index contributed by atoms with van der Waals surface area (Å²) in [6, 6.07) is 14.8. The van der Waals surface area contributed by atoms with Crippen LogP contribution in [0.2, 0.25) is 0 Å². The zero-order valence-electron chi connectivity index (χ0n) is 12.6. The molecule has 0 unspecified atom stereocenters. The van der Waals surface area contributed by atoms with E-state index in [0.29, 0.717) is 12.2 Å². The summed E-state index contributed by atoms with van der Waals surface area (Å²) in [5.41, 5.74) is 2.72. The van der Waals surface area contributed by atoms with E-state index in [9.17, 15) is 9.90 Å². The molecule has 2 aromatic carbocycles. The predicted molar refractivity (Wildman–Crippen MR) is 94.5 cm³/mol. The zero-order valence-corrected chi connectivity index (χ0v) is 14.2. The van der Waals surface area contributed by atoms with Crippen LogP contribution in [0.3, 0.4) is 0 Å². The Morgan fingerprint density at radius 2 is 2.00 bits per heavy atom. The third kappa shape index (κ3) is 2.59. The molecule has 0 saturated carbocycles. The van der Waals surface area contributed by atoms with Crippen molar-refractivity contribution in [2.45, 2.75) is 12.3 Å². The van der Waals surface area contributed by atoms with Gasteiger partial charge in [-0.1, -0.05) is 34.1 Å². The normalized spacial score (nSPS) is 16.5. The Morgan fingerprint density at radius 1 is 1.21 bits per heavy atom. The number of amides is 1. The molecule has 3 aromatic rings. The van der Waals surface area contributed by atoms with E-state index in [0.717, 1.165) is 21.4 Å². The number of carbonyl (C=O) groups excluding carboxylic acids is 1. The van der Waals surface area contributed by atoms with E-state index < -0.39 is 0 Å². The van der Waals surface area contributed by atoms with E-state index in [1.54, 1.807) is 18.5 Å². The van der Waals surface area contributed by atoms with Gasteiger partial charge in [-0.05, 0) is 35.9 Å². The fourth-order valence-electron chi connectivity index (χ4n) is 3.01. The summed E-state index contributed by atoms with van der Waals surface area (Å²) in [7, 11) is 0. The van der Waals surface area contributed by atoms with Crippen LogP contribution in [-0.4, -0.2) is 20.6 Å². The summed E-state index contributed by atoms with van der Waals surface area (Å²) >= 11 is 3.47. The minimum Gasteiger partial charge on any atom is -0.508 e. The Labute approximate surface area is 147 Å². The molecule has 1 aromatic heterocycles. The number of nitrogens with one attached hydrogen (secondary N) is 1. The Morgan fingerprint density at radius 3 is 2.75 bits per heavy atom. The number of imidazole rings is 1. The number of aromatic nitrogens is 2. The van der Waals surface area contributed by atoms with Crippen molar-refractivity contribution in [1.29, 1.82) is 0 Å². The lowest BCUT2D eigenvalue weighted by Crippen LogP contribution is -2.24. The van der Waals surface area contributed by atoms with Crippen LogP contribution in [-0.2, 0) is 4.79 Å². The molecule has 0 bridgehead atoms. The molecule has 24 heavy (non-hydrogen) atoms. The van der Waals surface area contributed by atoms with E-state index in [1.807, 2.05) is 41.0 Å². The van der Waals surface area contributed by atoms with Crippen molar-refractivity contribution in [2.75, 3.05) is 5.32 Å². The first kappa shape index (κ1) is 15.0. The number of aromatic hydroxyl groups is 1. The van der Waals surface area contributed by atoms with Crippen LogP contribution < -0.4 is 5.32 Å². The molecule has 0 spiro atoms. The molecule has 0 saturated heterocycles. The summed E-state index contributed by atoms with van der Waals surface area (Å²) in [6.07, 6.45) is 2.07. The van der Waals surface area contributed by atoms with Crippen LogP contribution in [0.1, 0.15) is 23.6 Å². The van der Waals surface area contributed by atoms with E-state index in [4.69, 9.17) is 0 Å². The monoisotopic (exact) mass is 383 g/mol. The maximum Gasteiger partial charge on any atom is 0.226 e. The summed E-state index contributed by atoms with van der Waals surface area (Å²) in [5.74, 6) is 0.737. The number of phenolic OH excluding ortho intramolecular Hbond substituents is 1. The molecule has 1 aliphatic rings. The molecule has 0 radical (unpaired) electrons. The first-order chi connectivity index (χ1) is 11.6. The molecule has 2 N–H and O–H groups in total. The van der Waals surface area contributed by atoms with Crippen LogP contribution in [0.4, 0.5) is 5.82 Å². The molecular formula is C18H14BrN3O2. The lowest BCUT2D eigenvalue weighted by molar-refractivity contribution is -0.116. The van der Waals surface area contributed by atoms with Crippen molar-refractivity contribution >= 4 is 27.7 Å². The molecule has 0 fully saturated rings. The van der Waals surface area contributed by atoms with Crippen molar-refractivity contribution in [3.05, 3.63) is 70.6 Å². The molecule has 2 heterocycles. The first-order valence-corrected chi connectivity index (χ1v) is 8.33. The second kappa shape index (κ2) is 5.79. The number of phenols is 1. The van der Waals surface area contributed by atoms with Gasteiger partial charge in [0, 0.05) is 22.5 Å². The highest BCUT2D eigenvalue weighted by Crippen LogP contribution is 2.37. The number of fused-ring (bicyclic) bond motifs is 1. The molecule has 1 atom stereocenters. The van der Waals surface area contributed by atoms with Crippen LogP contribution in [0, 0.1) is 0 Å². The van der Waals surface area contributed by atoms with Crippen molar-refractivity contribution in [3.8, 4) is 11.4 Å². The van der Waals surface area contributed by atoms with E-state index in [1.165, 1.54) is 0 Å². The van der Waals surface area contributed by atoms with Gasteiger partial charge in [0.1, 0.15) is 17.9 Å². The number of hydrogen-bond donors (Lipinski definition) is 2. The van der Waals surface area contributed by atoms with Crippen molar-refractivity contribution < 1.29 is 9.90 Å². The van der Waals surface area contributed by atoms with E-state index in [2.05, 4.69) is 26.2 Å². The number of halogens is 1. The van der Waals surface area contributed by atoms with Crippen LogP contribution >= 0.6 is 15.9 Å². The van der Waals surface area contributed by atoms with Gasteiger partial charge in [0.25, 0.3) is 0 Å². The first-order valence-electron chi connectivity index (χ1n) is 7.54. The summed E-state index contributed by atoms with van der Waals surface area (Å²) in [6.45, 7) is 0. The Balaban J connectivity index is 1.81. The molecule has 1 amide bonds. The maximum absolute atomic E-state index is 12.2. The van der Waals surface area contributed by atoms with Crippen LogP contribution in [0.15, 0.2) is 59.3 Å². The van der Waals surface area contributed by atoms with Gasteiger partial charge in [-0.2, -0.15) is 0 Å². The fraction of sp³-hybridized carbons (Fsp3) is 0.111. The maximum atomic E-state index is 12.2. The quantitative estimate of drug-likeness (QED) is 0.706. The number of anilines is 1. The van der Waals surface area contributed by atoms with Crippen LogP contribution in [0.25, 0.3) is 5.69 Å². The molecular weight excluding hydrogens is 370 g/mol. The Hall–Kier alpha value is -2.60. The summed E-state index contributed by atoms with van der Waals surface area (Å²) in [4.78, 5) is 16.8. The number of rotatable bonds is 2. The summed E-state index contributed by atoms with van der Waals surface area (Å²) in [5, 5.41) is 12.4.